The van der Waals surface area contributed by atoms with Crippen LogP contribution in [0.2, 0.25) is 0 Å². The predicted octanol–water partition coefficient (Wildman–Crippen LogP) is 4.02. The lowest BCUT2D eigenvalue weighted by Gasteiger charge is -2.11. The minimum atomic E-state index is -0.299. The molecule has 7 heteroatoms. The molecular formula is C20H18BrN3O3. The zero-order valence-corrected chi connectivity index (χ0v) is 16.4. The van der Waals surface area contributed by atoms with E-state index >= 15 is 0 Å². The first-order chi connectivity index (χ1) is 13.2. The first kappa shape index (κ1) is 18.7. The summed E-state index contributed by atoms with van der Waals surface area (Å²) < 4.78 is 13.2. The molecular weight excluding hydrogens is 410 g/mol. The number of hydrazone groups is 1. The second-order valence-corrected chi connectivity index (χ2v) is 6.30. The Labute approximate surface area is 165 Å². The van der Waals surface area contributed by atoms with E-state index in [1.807, 2.05) is 53.4 Å². The predicted molar refractivity (Wildman–Crippen MR) is 108 cm³/mol. The van der Waals surface area contributed by atoms with Gasteiger partial charge in [-0.2, -0.15) is 5.10 Å². The molecule has 0 aliphatic heterocycles. The van der Waals surface area contributed by atoms with Crippen molar-refractivity contribution in [2.75, 3.05) is 14.2 Å². The Bertz CT molecular complexity index is 969. The summed E-state index contributed by atoms with van der Waals surface area (Å²) in [6.45, 7) is 0. The number of benzene rings is 2. The van der Waals surface area contributed by atoms with Gasteiger partial charge in [0.15, 0.2) is 11.5 Å². The number of nitrogens with one attached hydrogen (secondary N) is 1. The molecule has 1 aromatic heterocycles. The maximum atomic E-state index is 12.6. The molecule has 2 aromatic carbocycles. The van der Waals surface area contributed by atoms with Crippen LogP contribution in [0.25, 0.3) is 5.69 Å². The normalized spacial score (nSPS) is 10.8. The molecule has 0 atom stereocenters. The molecule has 0 unspecified atom stereocenters. The lowest BCUT2D eigenvalue weighted by molar-refractivity contribution is 0.0955. The molecule has 1 heterocycles. The maximum Gasteiger partial charge on any atom is 0.273 e. The van der Waals surface area contributed by atoms with Crippen LogP contribution in [0.15, 0.2) is 70.5 Å². The fourth-order valence-corrected chi connectivity index (χ4v) is 3.20. The summed E-state index contributed by atoms with van der Waals surface area (Å²) in [5.74, 6) is 0.865. The summed E-state index contributed by atoms with van der Waals surface area (Å²) in [5.41, 5.74) is 4.61. The molecule has 1 amide bonds. The Hall–Kier alpha value is -3.06. The van der Waals surface area contributed by atoms with Gasteiger partial charge < -0.3 is 14.0 Å². The van der Waals surface area contributed by atoms with E-state index in [0.717, 1.165) is 11.3 Å². The van der Waals surface area contributed by atoms with Gasteiger partial charge in [-0.1, -0.05) is 12.1 Å². The number of carbonyl (C=O) groups excluding carboxylic acids is 1. The molecule has 0 spiro atoms. The largest absolute Gasteiger partial charge is 0.493 e. The number of ether oxygens (including phenoxy) is 2. The molecule has 0 fully saturated rings. The van der Waals surface area contributed by atoms with Crippen LogP contribution in [0.4, 0.5) is 0 Å². The molecule has 1 N–H and O–H groups in total. The van der Waals surface area contributed by atoms with Gasteiger partial charge in [-0.15, -0.1) is 0 Å². The molecule has 0 saturated heterocycles. The standard InChI is InChI=1S/C20H18BrN3O3/c1-26-17-10-9-14(18(21)19(17)27-2)13-22-23-20(25)15-7-3-4-8-16(15)24-11-5-6-12-24/h3-13H,1-2H3,(H,23,25)/b22-13-. The highest BCUT2D eigenvalue weighted by atomic mass is 79.9. The first-order valence-corrected chi connectivity index (χ1v) is 8.91. The third kappa shape index (κ3) is 4.03. The van der Waals surface area contributed by atoms with Crippen LogP contribution in [-0.2, 0) is 0 Å². The molecule has 0 aliphatic carbocycles. The number of amides is 1. The van der Waals surface area contributed by atoms with Gasteiger partial charge in [0.25, 0.3) is 5.91 Å². The summed E-state index contributed by atoms with van der Waals surface area (Å²) in [6, 6.07) is 14.7. The molecule has 6 nitrogen and oxygen atoms in total. The minimum absolute atomic E-state index is 0.299. The van der Waals surface area contributed by atoms with Gasteiger partial charge in [0.1, 0.15) is 0 Å². The summed E-state index contributed by atoms with van der Waals surface area (Å²) in [5, 5.41) is 4.07. The number of carbonyl (C=O) groups is 1. The van der Waals surface area contributed by atoms with Crippen molar-refractivity contribution in [2.45, 2.75) is 0 Å². The number of rotatable bonds is 6. The Morgan fingerprint density at radius 1 is 1.07 bits per heavy atom. The lowest BCUT2D eigenvalue weighted by atomic mass is 10.1. The van der Waals surface area contributed by atoms with E-state index in [1.165, 1.54) is 0 Å². The van der Waals surface area contributed by atoms with Crippen LogP contribution in [0.1, 0.15) is 15.9 Å². The molecule has 3 rings (SSSR count). The number of nitrogens with zero attached hydrogens (tertiary/aromatic N) is 2. The van der Waals surface area contributed by atoms with Crippen molar-refractivity contribution >= 4 is 28.1 Å². The van der Waals surface area contributed by atoms with E-state index in [4.69, 9.17) is 9.47 Å². The van der Waals surface area contributed by atoms with E-state index in [-0.39, 0.29) is 5.91 Å². The van der Waals surface area contributed by atoms with Crippen LogP contribution in [-0.4, -0.2) is 30.9 Å². The molecule has 138 valence electrons. The van der Waals surface area contributed by atoms with Crippen molar-refractivity contribution in [3.8, 4) is 17.2 Å². The average Bonchev–Trinajstić information content (AvgIpc) is 3.23. The van der Waals surface area contributed by atoms with Gasteiger partial charge in [-0.3, -0.25) is 4.79 Å². The highest BCUT2D eigenvalue weighted by molar-refractivity contribution is 9.10. The van der Waals surface area contributed by atoms with Gasteiger partial charge in [-0.25, -0.2) is 5.43 Å². The van der Waals surface area contributed by atoms with Gasteiger partial charge in [0.05, 0.1) is 36.2 Å². The second kappa shape index (κ2) is 8.55. The minimum Gasteiger partial charge on any atom is -0.493 e. The number of hydrogen-bond acceptors (Lipinski definition) is 4. The highest BCUT2D eigenvalue weighted by Gasteiger charge is 2.13. The molecule has 0 bridgehead atoms. The van der Waals surface area contributed by atoms with Crippen molar-refractivity contribution < 1.29 is 14.3 Å². The van der Waals surface area contributed by atoms with Crippen LogP contribution >= 0.6 is 15.9 Å². The van der Waals surface area contributed by atoms with E-state index in [0.29, 0.717) is 21.5 Å². The van der Waals surface area contributed by atoms with Gasteiger partial charge >= 0.3 is 0 Å². The Balaban J connectivity index is 1.79. The Kier molecular flexibility index (Phi) is 5.93. The number of methoxy groups -OCH3 is 2. The van der Waals surface area contributed by atoms with Crippen LogP contribution < -0.4 is 14.9 Å². The third-order valence-corrected chi connectivity index (χ3v) is 4.73. The zero-order chi connectivity index (χ0) is 19.2. The summed E-state index contributed by atoms with van der Waals surface area (Å²) in [4.78, 5) is 12.6. The molecule has 0 saturated carbocycles. The number of hydrogen-bond donors (Lipinski definition) is 1. The fourth-order valence-electron chi connectivity index (χ4n) is 2.61. The van der Waals surface area contributed by atoms with Crippen molar-refractivity contribution in [1.82, 2.24) is 9.99 Å². The number of para-hydroxylation sites is 1. The summed E-state index contributed by atoms with van der Waals surface area (Å²) in [7, 11) is 3.13. The number of halogens is 1. The smallest absolute Gasteiger partial charge is 0.273 e. The second-order valence-electron chi connectivity index (χ2n) is 5.51. The van der Waals surface area contributed by atoms with E-state index < -0.39 is 0 Å². The van der Waals surface area contributed by atoms with E-state index in [9.17, 15) is 4.79 Å². The summed E-state index contributed by atoms with van der Waals surface area (Å²) >= 11 is 3.47. The van der Waals surface area contributed by atoms with Gasteiger partial charge in [0.2, 0.25) is 0 Å². The van der Waals surface area contributed by atoms with Crippen LogP contribution in [0, 0.1) is 0 Å². The zero-order valence-electron chi connectivity index (χ0n) is 14.8. The molecule has 3 aromatic rings. The maximum absolute atomic E-state index is 12.6. The quantitative estimate of drug-likeness (QED) is 0.477. The van der Waals surface area contributed by atoms with Gasteiger partial charge in [-0.05, 0) is 52.3 Å². The first-order valence-electron chi connectivity index (χ1n) is 8.12. The molecule has 27 heavy (non-hydrogen) atoms. The monoisotopic (exact) mass is 427 g/mol. The topological polar surface area (TPSA) is 64.8 Å². The Morgan fingerprint density at radius 2 is 1.81 bits per heavy atom. The average molecular weight is 428 g/mol. The van der Waals surface area contributed by atoms with E-state index in [1.54, 1.807) is 32.6 Å². The van der Waals surface area contributed by atoms with E-state index in [2.05, 4.69) is 26.5 Å². The number of aromatic nitrogens is 1. The lowest BCUT2D eigenvalue weighted by Crippen LogP contribution is -2.19. The molecule has 0 radical (unpaired) electrons. The third-order valence-electron chi connectivity index (χ3n) is 3.92. The summed E-state index contributed by atoms with van der Waals surface area (Å²) in [6.07, 6.45) is 5.31. The van der Waals surface area contributed by atoms with Gasteiger partial charge in [0, 0.05) is 18.0 Å². The molecule has 0 aliphatic rings. The SMILES string of the molecule is COc1ccc(/C=N\NC(=O)c2ccccc2-n2cccc2)c(Br)c1OC. The Morgan fingerprint density at radius 3 is 2.52 bits per heavy atom. The highest BCUT2D eigenvalue weighted by Crippen LogP contribution is 2.36. The van der Waals surface area contributed by atoms with Crippen molar-refractivity contribution in [3.63, 3.8) is 0 Å². The van der Waals surface area contributed by atoms with Crippen molar-refractivity contribution in [1.29, 1.82) is 0 Å². The van der Waals surface area contributed by atoms with Crippen LogP contribution in [0.3, 0.4) is 0 Å². The van der Waals surface area contributed by atoms with Crippen LogP contribution in [0.5, 0.6) is 11.5 Å². The fraction of sp³-hybridized carbons (Fsp3) is 0.100. The van der Waals surface area contributed by atoms with Crippen molar-refractivity contribution in [3.05, 3.63) is 76.5 Å². The van der Waals surface area contributed by atoms with Crippen molar-refractivity contribution in [2.24, 2.45) is 5.10 Å².